The molecule has 0 aliphatic heterocycles. The number of aryl methyl sites for hydroxylation is 2. The first-order chi connectivity index (χ1) is 14.0. The van der Waals surface area contributed by atoms with E-state index in [2.05, 4.69) is 20.8 Å². The van der Waals surface area contributed by atoms with Crippen LogP contribution in [0.15, 0.2) is 66.7 Å². The zero-order valence-electron chi connectivity index (χ0n) is 16.0. The summed E-state index contributed by atoms with van der Waals surface area (Å²) in [5, 5.41) is 15.1. The first-order valence-electron chi connectivity index (χ1n) is 9.12. The predicted octanol–water partition coefficient (Wildman–Crippen LogP) is 4.16. The van der Waals surface area contributed by atoms with E-state index < -0.39 is 0 Å². The number of benzene rings is 3. The normalized spacial score (nSPS) is 10.7. The number of para-hydroxylation sites is 1. The molecule has 0 atom stereocenters. The van der Waals surface area contributed by atoms with Crippen LogP contribution in [0.3, 0.4) is 0 Å². The second kappa shape index (κ2) is 7.81. The lowest BCUT2D eigenvalue weighted by Crippen LogP contribution is -2.34. The SMILES string of the molecule is Cc1cccc(C(=O)NC(=S)Nc2cc3nn(-c4ccccc4)nc3cc2C)c1. The Hall–Kier alpha value is -3.58. The molecule has 0 radical (unpaired) electrons. The maximum absolute atomic E-state index is 12.4. The Morgan fingerprint density at radius 2 is 1.66 bits per heavy atom. The average molecular weight is 401 g/mol. The minimum atomic E-state index is -0.250. The topological polar surface area (TPSA) is 71.8 Å². The number of aromatic nitrogens is 3. The van der Waals surface area contributed by atoms with Crippen molar-refractivity contribution in [1.29, 1.82) is 0 Å². The first kappa shape index (κ1) is 18.8. The number of carbonyl (C=O) groups is 1. The number of amides is 1. The Morgan fingerprint density at radius 1 is 0.931 bits per heavy atom. The van der Waals surface area contributed by atoms with E-state index in [0.717, 1.165) is 33.5 Å². The molecule has 0 fully saturated rings. The molecule has 1 aromatic heterocycles. The van der Waals surface area contributed by atoms with E-state index >= 15 is 0 Å². The van der Waals surface area contributed by atoms with Gasteiger partial charge in [-0.25, -0.2) is 0 Å². The van der Waals surface area contributed by atoms with Crippen molar-refractivity contribution < 1.29 is 4.79 Å². The molecule has 0 saturated heterocycles. The molecule has 0 saturated carbocycles. The van der Waals surface area contributed by atoms with Gasteiger partial charge in [-0.05, 0) is 68.0 Å². The van der Waals surface area contributed by atoms with Crippen LogP contribution in [0.2, 0.25) is 0 Å². The van der Waals surface area contributed by atoms with Gasteiger partial charge in [0.2, 0.25) is 0 Å². The van der Waals surface area contributed by atoms with E-state index in [-0.39, 0.29) is 11.0 Å². The molecule has 1 amide bonds. The van der Waals surface area contributed by atoms with Gasteiger partial charge in [0.1, 0.15) is 11.0 Å². The fourth-order valence-electron chi connectivity index (χ4n) is 2.99. The quantitative estimate of drug-likeness (QED) is 0.504. The predicted molar refractivity (Wildman–Crippen MR) is 118 cm³/mol. The minimum Gasteiger partial charge on any atom is -0.332 e. The van der Waals surface area contributed by atoms with Crippen molar-refractivity contribution in [1.82, 2.24) is 20.3 Å². The summed E-state index contributed by atoms with van der Waals surface area (Å²) in [5.74, 6) is -0.250. The third kappa shape index (κ3) is 4.14. The van der Waals surface area contributed by atoms with E-state index in [0.29, 0.717) is 5.56 Å². The van der Waals surface area contributed by atoms with Gasteiger partial charge in [-0.15, -0.1) is 10.2 Å². The van der Waals surface area contributed by atoms with Crippen LogP contribution in [0, 0.1) is 13.8 Å². The monoisotopic (exact) mass is 401 g/mol. The zero-order valence-corrected chi connectivity index (χ0v) is 16.8. The number of carbonyl (C=O) groups excluding carboxylic acids is 1. The van der Waals surface area contributed by atoms with Gasteiger partial charge in [-0.3, -0.25) is 10.1 Å². The van der Waals surface area contributed by atoms with Gasteiger partial charge in [0, 0.05) is 11.3 Å². The van der Waals surface area contributed by atoms with Crippen LogP contribution in [0.5, 0.6) is 0 Å². The fourth-order valence-corrected chi connectivity index (χ4v) is 3.20. The summed E-state index contributed by atoms with van der Waals surface area (Å²) < 4.78 is 0. The molecule has 4 rings (SSSR count). The Kier molecular flexibility index (Phi) is 5.05. The van der Waals surface area contributed by atoms with E-state index in [9.17, 15) is 4.79 Å². The van der Waals surface area contributed by atoms with Gasteiger partial charge >= 0.3 is 0 Å². The van der Waals surface area contributed by atoms with Crippen molar-refractivity contribution in [2.45, 2.75) is 13.8 Å². The molecule has 0 unspecified atom stereocenters. The number of thiocarbonyl (C=S) groups is 1. The summed E-state index contributed by atoms with van der Waals surface area (Å²) in [6.45, 7) is 3.89. The third-order valence-corrected chi connectivity index (χ3v) is 4.67. The van der Waals surface area contributed by atoms with Crippen LogP contribution in [0.1, 0.15) is 21.5 Å². The molecular formula is C22H19N5OS. The number of hydrogen-bond donors (Lipinski definition) is 2. The van der Waals surface area contributed by atoms with Crippen LogP contribution in [-0.2, 0) is 0 Å². The van der Waals surface area contributed by atoms with Crippen molar-refractivity contribution >= 4 is 40.0 Å². The van der Waals surface area contributed by atoms with Gasteiger partial charge in [0.05, 0.1) is 5.69 Å². The van der Waals surface area contributed by atoms with Crippen molar-refractivity contribution in [2.24, 2.45) is 0 Å². The van der Waals surface area contributed by atoms with Gasteiger partial charge in [-0.1, -0.05) is 35.9 Å². The number of rotatable bonds is 3. The molecule has 0 aliphatic carbocycles. The number of nitrogens with one attached hydrogen (secondary N) is 2. The van der Waals surface area contributed by atoms with Crippen LogP contribution >= 0.6 is 12.2 Å². The molecular weight excluding hydrogens is 382 g/mol. The molecule has 2 N–H and O–H groups in total. The highest BCUT2D eigenvalue weighted by molar-refractivity contribution is 7.80. The minimum absolute atomic E-state index is 0.231. The molecule has 4 aromatic rings. The lowest BCUT2D eigenvalue weighted by atomic mass is 10.1. The van der Waals surface area contributed by atoms with E-state index in [1.807, 2.05) is 74.5 Å². The molecule has 0 bridgehead atoms. The van der Waals surface area contributed by atoms with E-state index in [4.69, 9.17) is 12.2 Å². The second-order valence-electron chi connectivity index (χ2n) is 6.76. The highest BCUT2D eigenvalue weighted by atomic mass is 32.1. The summed E-state index contributed by atoms with van der Waals surface area (Å²) in [5.41, 5.74) is 5.70. The van der Waals surface area contributed by atoms with Crippen molar-refractivity contribution in [3.05, 3.63) is 83.4 Å². The molecule has 7 heteroatoms. The number of hydrogen-bond acceptors (Lipinski definition) is 4. The number of anilines is 1. The molecule has 0 aliphatic rings. The highest BCUT2D eigenvalue weighted by Crippen LogP contribution is 2.22. The maximum Gasteiger partial charge on any atom is 0.257 e. The summed E-state index contributed by atoms with van der Waals surface area (Å²) in [7, 11) is 0. The Morgan fingerprint density at radius 3 is 2.38 bits per heavy atom. The lowest BCUT2D eigenvalue weighted by molar-refractivity contribution is 0.0977. The van der Waals surface area contributed by atoms with Gasteiger partial charge in [-0.2, -0.15) is 4.80 Å². The van der Waals surface area contributed by atoms with E-state index in [1.54, 1.807) is 10.9 Å². The van der Waals surface area contributed by atoms with Gasteiger partial charge in [0.15, 0.2) is 5.11 Å². The Labute approximate surface area is 173 Å². The van der Waals surface area contributed by atoms with E-state index in [1.165, 1.54) is 0 Å². The lowest BCUT2D eigenvalue weighted by Gasteiger charge is -2.11. The van der Waals surface area contributed by atoms with Crippen molar-refractivity contribution in [2.75, 3.05) is 5.32 Å². The highest BCUT2D eigenvalue weighted by Gasteiger charge is 2.12. The fraction of sp³-hybridized carbons (Fsp3) is 0.0909. The second-order valence-corrected chi connectivity index (χ2v) is 7.17. The van der Waals surface area contributed by atoms with Gasteiger partial charge < -0.3 is 5.32 Å². The van der Waals surface area contributed by atoms with Crippen molar-refractivity contribution in [3.8, 4) is 5.69 Å². The van der Waals surface area contributed by atoms with Crippen LogP contribution in [0.4, 0.5) is 5.69 Å². The first-order valence-corrected chi connectivity index (χ1v) is 9.52. The summed E-state index contributed by atoms with van der Waals surface area (Å²) in [6, 6.07) is 20.9. The summed E-state index contributed by atoms with van der Waals surface area (Å²) in [4.78, 5) is 14.0. The van der Waals surface area contributed by atoms with Crippen LogP contribution in [0.25, 0.3) is 16.7 Å². The summed E-state index contributed by atoms with van der Waals surface area (Å²) >= 11 is 5.32. The van der Waals surface area contributed by atoms with Crippen LogP contribution < -0.4 is 10.6 Å². The van der Waals surface area contributed by atoms with Gasteiger partial charge in [0.25, 0.3) is 5.91 Å². The molecule has 144 valence electrons. The average Bonchev–Trinajstić information content (AvgIpc) is 3.11. The third-order valence-electron chi connectivity index (χ3n) is 4.47. The molecule has 1 heterocycles. The summed E-state index contributed by atoms with van der Waals surface area (Å²) in [6.07, 6.45) is 0. The number of nitrogens with zero attached hydrogens (tertiary/aromatic N) is 3. The number of fused-ring (bicyclic) bond motifs is 1. The Bertz CT molecular complexity index is 1220. The molecule has 6 nitrogen and oxygen atoms in total. The molecule has 3 aromatic carbocycles. The smallest absolute Gasteiger partial charge is 0.257 e. The standard InChI is InChI=1S/C22H19N5OS/c1-14-7-6-8-16(11-14)21(28)24-22(29)23-18-13-20-19(12-15(18)2)25-27(26-20)17-9-4-3-5-10-17/h3-13H,1-2H3,(H2,23,24,28,29). The Balaban J connectivity index is 1.53. The molecule has 29 heavy (non-hydrogen) atoms. The zero-order chi connectivity index (χ0) is 20.4. The van der Waals surface area contributed by atoms with Crippen molar-refractivity contribution in [3.63, 3.8) is 0 Å². The molecule has 0 spiro atoms. The van der Waals surface area contributed by atoms with Crippen LogP contribution in [-0.4, -0.2) is 26.0 Å². The largest absolute Gasteiger partial charge is 0.332 e. The maximum atomic E-state index is 12.4.